The van der Waals surface area contributed by atoms with Crippen molar-refractivity contribution in [2.75, 3.05) is 27.0 Å². The lowest BCUT2D eigenvalue weighted by Gasteiger charge is -2.42. The molecule has 0 saturated heterocycles. The van der Waals surface area contributed by atoms with Crippen LogP contribution in [-0.2, 0) is 25.1 Å². The lowest BCUT2D eigenvalue weighted by atomic mass is 9.68. The van der Waals surface area contributed by atoms with E-state index in [0.717, 1.165) is 18.4 Å². The SMILES string of the molecule is CCOC(=O)[C@]1(c2ccccc2)CCC=C[C@H]1N(C)C.CS(=O)(=O)O. The van der Waals surface area contributed by atoms with Gasteiger partial charge in [-0.2, -0.15) is 8.42 Å². The number of allylic oxidation sites excluding steroid dienone is 1. The summed E-state index contributed by atoms with van der Waals surface area (Å²) >= 11 is 0. The average molecular weight is 369 g/mol. The maximum Gasteiger partial charge on any atom is 0.318 e. The highest BCUT2D eigenvalue weighted by atomic mass is 32.2. The van der Waals surface area contributed by atoms with Crippen molar-refractivity contribution in [3.63, 3.8) is 0 Å². The first-order chi connectivity index (χ1) is 11.6. The van der Waals surface area contributed by atoms with E-state index in [2.05, 4.69) is 17.1 Å². The molecule has 7 heteroatoms. The second kappa shape index (κ2) is 9.12. The molecule has 0 unspecified atom stereocenters. The summed E-state index contributed by atoms with van der Waals surface area (Å²) in [6, 6.07) is 10.0. The van der Waals surface area contributed by atoms with E-state index in [9.17, 15) is 13.2 Å². The summed E-state index contributed by atoms with van der Waals surface area (Å²) in [7, 11) is 0.356. The molecule has 6 nitrogen and oxygen atoms in total. The number of carbonyl (C=O) groups excluding carboxylic acids is 1. The molecule has 140 valence electrons. The minimum absolute atomic E-state index is 0.0256. The van der Waals surface area contributed by atoms with Crippen molar-refractivity contribution in [2.45, 2.75) is 31.2 Å². The third kappa shape index (κ3) is 5.95. The lowest BCUT2D eigenvalue weighted by Crippen LogP contribution is -2.54. The number of ether oxygens (including phenoxy) is 1. The van der Waals surface area contributed by atoms with Crippen LogP contribution in [0.15, 0.2) is 42.5 Å². The number of hydrogen-bond donors (Lipinski definition) is 1. The van der Waals surface area contributed by atoms with Crippen LogP contribution in [0.1, 0.15) is 25.3 Å². The van der Waals surface area contributed by atoms with Gasteiger partial charge in [0.2, 0.25) is 0 Å². The Morgan fingerprint density at radius 2 is 1.88 bits per heavy atom. The number of benzene rings is 1. The Morgan fingerprint density at radius 3 is 2.36 bits per heavy atom. The van der Waals surface area contributed by atoms with Crippen LogP contribution in [0.4, 0.5) is 0 Å². The van der Waals surface area contributed by atoms with Gasteiger partial charge in [-0.05, 0) is 39.4 Å². The maximum absolute atomic E-state index is 12.8. The number of nitrogens with zero attached hydrogens (tertiary/aromatic N) is 1. The van der Waals surface area contributed by atoms with E-state index >= 15 is 0 Å². The largest absolute Gasteiger partial charge is 0.465 e. The van der Waals surface area contributed by atoms with Gasteiger partial charge in [0, 0.05) is 6.04 Å². The fraction of sp³-hybridized carbons (Fsp3) is 0.500. The van der Waals surface area contributed by atoms with E-state index in [1.54, 1.807) is 0 Å². The van der Waals surface area contributed by atoms with Gasteiger partial charge in [-0.25, -0.2) is 0 Å². The molecular weight excluding hydrogens is 342 g/mol. The van der Waals surface area contributed by atoms with Gasteiger partial charge in [-0.3, -0.25) is 9.35 Å². The molecule has 1 aromatic rings. The highest BCUT2D eigenvalue weighted by molar-refractivity contribution is 7.85. The Morgan fingerprint density at radius 1 is 1.32 bits per heavy atom. The van der Waals surface area contributed by atoms with Crippen LogP contribution in [0, 0.1) is 0 Å². The first-order valence-electron chi connectivity index (χ1n) is 8.11. The fourth-order valence-electron chi connectivity index (χ4n) is 3.11. The normalized spacial score (nSPS) is 22.9. The minimum atomic E-state index is -3.67. The summed E-state index contributed by atoms with van der Waals surface area (Å²) in [5.41, 5.74) is 0.441. The van der Waals surface area contributed by atoms with Crippen LogP contribution in [0.3, 0.4) is 0 Å². The molecule has 2 rings (SSSR count). The predicted octanol–water partition coefficient (Wildman–Crippen LogP) is 2.27. The number of likely N-dealkylation sites (N-methyl/N-ethyl adjacent to an activating group) is 1. The summed E-state index contributed by atoms with van der Waals surface area (Å²) in [6.07, 6.45) is 6.69. The van der Waals surface area contributed by atoms with Crippen LogP contribution in [-0.4, -0.2) is 56.8 Å². The first-order valence-corrected chi connectivity index (χ1v) is 9.96. The molecule has 1 aromatic carbocycles. The van der Waals surface area contributed by atoms with Crippen molar-refractivity contribution in [1.82, 2.24) is 4.90 Å². The van der Waals surface area contributed by atoms with E-state index < -0.39 is 15.5 Å². The third-order valence-electron chi connectivity index (χ3n) is 4.01. The molecule has 2 atom stereocenters. The summed E-state index contributed by atoms with van der Waals surface area (Å²) in [5, 5.41) is 0. The number of rotatable bonds is 4. The molecular formula is C18H27NO5S. The second-order valence-electron chi connectivity index (χ2n) is 6.17. The van der Waals surface area contributed by atoms with Gasteiger partial charge in [0.15, 0.2) is 0 Å². The van der Waals surface area contributed by atoms with Gasteiger partial charge in [0.1, 0.15) is 5.41 Å². The summed E-state index contributed by atoms with van der Waals surface area (Å²) < 4.78 is 31.3. The van der Waals surface area contributed by atoms with Crippen LogP contribution < -0.4 is 0 Å². The van der Waals surface area contributed by atoms with Gasteiger partial charge in [-0.15, -0.1) is 0 Å². The Labute approximate surface area is 150 Å². The smallest absolute Gasteiger partial charge is 0.318 e. The van der Waals surface area contributed by atoms with E-state index in [-0.39, 0.29) is 12.0 Å². The van der Waals surface area contributed by atoms with Gasteiger partial charge < -0.3 is 9.64 Å². The molecule has 0 saturated carbocycles. The predicted molar refractivity (Wildman–Crippen MR) is 98.1 cm³/mol. The minimum Gasteiger partial charge on any atom is -0.465 e. The molecule has 25 heavy (non-hydrogen) atoms. The highest BCUT2D eigenvalue weighted by Crippen LogP contribution is 2.40. The van der Waals surface area contributed by atoms with Gasteiger partial charge in [0.05, 0.1) is 12.9 Å². The van der Waals surface area contributed by atoms with Crippen LogP contribution in [0.2, 0.25) is 0 Å². The number of carbonyl (C=O) groups is 1. The summed E-state index contributed by atoms with van der Waals surface area (Å²) in [4.78, 5) is 14.8. The molecule has 1 aliphatic carbocycles. The quantitative estimate of drug-likeness (QED) is 0.498. The van der Waals surface area contributed by atoms with Crippen molar-refractivity contribution < 1.29 is 22.5 Å². The Bertz CT molecular complexity index is 677. The number of hydrogen-bond acceptors (Lipinski definition) is 5. The van der Waals surface area contributed by atoms with Gasteiger partial charge >= 0.3 is 5.97 Å². The third-order valence-corrected chi connectivity index (χ3v) is 4.01. The first kappa shape index (κ1) is 21.3. The van der Waals surface area contributed by atoms with Crippen LogP contribution in [0.25, 0.3) is 0 Å². The van der Waals surface area contributed by atoms with E-state index in [4.69, 9.17) is 9.29 Å². The zero-order chi connectivity index (χ0) is 19.1. The average Bonchev–Trinajstić information content (AvgIpc) is 2.54. The molecule has 0 aromatic heterocycles. The topological polar surface area (TPSA) is 83.9 Å². The van der Waals surface area contributed by atoms with Crippen LogP contribution >= 0.6 is 0 Å². The monoisotopic (exact) mass is 369 g/mol. The van der Waals surface area contributed by atoms with Crippen molar-refractivity contribution in [1.29, 1.82) is 0 Å². The molecule has 0 bridgehead atoms. The van der Waals surface area contributed by atoms with Crippen molar-refractivity contribution in [2.24, 2.45) is 0 Å². The van der Waals surface area contributed by atoms with Gasteiger partial charge in [-0.1, -0.05) is 42.5 Å². The maximum atomic E-state index is 12.8. The van der Waals surface area contributed by atoms with Crippen LogP contribution in [0.5, 0.6) is 0 Å². The zero-order valence-corrected chi connectivity index (χ0v) is 16.0. The van der Waals surface area contributed by atoms with Crippen molar-refractivity contribution in [3.8, 4) is 0 Å². The van der Waals surface area contributed by atoms with Crippen molar-refractivity contribution in [3.05, 3.63) is 48.0 Å². The van der Waals surface area contributed by atoms with E-state index in [1.165, 1.54) is 0 Å². The standard InChI is InChI=1S/C17H23NO2.CH4O3S/c1-4-20-16(19)17(14-10-6-5-7-11-14)13-9-8-12-15(17)18(2)3;1-5(2,3)4/h5-8,10-12,15H,4,9,13H2,1-3H3;1H3,(H,2,3,4)/t15-,17+;/m1./s1. The molecule has 0 radical (unpaired) electrons. The molecule has 0 spiro atoms. The Kier molecular flexibility index (Phi) is 7.79. The molecule has 0 heterocycles. The number of esters is 1. The lowest BCUT2D eigenvalue weighted by molar-refractivity contribution is -0.152. The second-order valence-corrected chi connectivity index (χ2v) is 7.63. The zero-order valence-electron chi connectivity index (χ0n) is 15.2. The van der Waals surface area contributed by atoms with E-state index in [1.807, 2.05) is 51.4 Å². The fourth-order valence-corrected chi connectivity index (χ4v) is 3.11. The van der Waals surface area contributed by atoms with Gasteiger partial charge in [0.25, 0.3) is 10.1 Å². The molecule has 1 N–H and O–H groups in total. The molecule has 0 amide bonds. The molecule has 0 fully saturated rings. The highest BCUT2D eigenvalue weighted by Gasteiger charge is 2.49. The summed E-state index contributed by atoms with van der Waals surface area (Å²) in [5.74, 6) is -0.116. The molecule has 0 aliphatic heterocycles. The molecule has 1 aliphatic rings. The van der Waals surface area contributed by atoms with E-state index in [0.29, 0.717) is 12.9 Å². The Hall–Kier alpha value is -1.70. The van der Waals surface area contributed by atoms with Crippen molar-refractivity contribution >= 4 is 16.1 Å². The summed E-state index contributed by atoms with van der Waals surface area (Å²) in [6.45, 7) is 2.28. The Balaban J connectivity index is 0.000000550.